The Hall–Kier alpha value is -2.60. The minimum absolute atomic E-state index is 0.116. The maximum Gasteiger partial charge on any atom is 0.263 e. The molecule has 6 heteroatoms. The number of thiophene rings is 1. The largest absolute Gasteiger partial charge is 0.397 e. The minimum Gasteiger partial charge on any atom is -0.397 e. The standard InChI is InChI=1S/C26H32N4OS/c1-18-5-10-21-22(27)23(32-25(21)29-18)24(31)28-15-11-19-6-8-20(9-7-19)30-16-4-14-26(17-30)12-2-3-13-26/h5-10H,2-4,11-17,27H2,1H3,(H,28,31). The van der Waals surface area contributed by atoms with Gasteiger partial charge in [0.1, 0.15) is 9.71 Å². The number of nitrogens with zero attached hydrogens (tertiary/aromatic N) is 2. The lowest BCUT2D eigenvalue weighted by Gasteiger charge is -2.41. The minimum atomic E-state index is -0.116. The summed E-state index contributed by atoms with van der Waals surface area (Å²) in [5.74, 6) is -0.116. The maximum absolute atomic E-state index is 12.7. The van der Waals surface area contributed by atoms with E-state index in [1.807, 2.05) is 19.1 Å². The Morgan fingerprint density at radius 3 is 2.66 bits per heavy atom. The second-order valence-electron chi connectivity index (χ2n) is 9.55. The number of amides is 1. The number of rotatable bonds is 5. The summed E-state index contributed by atoms with van der Waals surface area (Å²) in [4.78, 5) is 21.1. The van der Waals surface area contributed by atoms with Crippen LogP contribution in [0.1, 0.15) is 59.5 Å². The molecular formula is C26H32N4OS. The molecule has 0 atom stereocenters. The molecule has 1 saturated heterocycles. The van der Waals surface area contributed by atoms with Gasteiger partial charge in [0.25, 0.3) is 5.91 Å². The Bertz CT molecular complexity index is 1110. The lowest BCUT2D eigenvalue weighted by molar-refractivity contribution is 0.0959. The summed E-state index contributed by atoms with van der Waals surface area (Å²) < 4.78 is 0. The molecule has 1 amide bonds. The third kappa shape index (κ3) is 4.20. The van der Waals surface area contributed by atoms with Crippen molar-refractivity contribution in [1.82, 2.24) is 10.3 Å². The van der Waals surface area contributed by atoms with E-state index in [1.165, 1.54) is 74.2 Å². The molecule has 168 valence electrons. The van der Waals surface area contributed by atoms with Crippen molar-refractivity contribution in [1.29, 1.82) is 0 Å². The van der Waals surface area contributed by atoms with Crippen LogP contribution in [-0.4, -0.2) is 30.5 Å². The molecule has 2 aromatic heterocycles. The van der Waals surface area contributed by atoms with Gasteiger partial charge in [-0.05, 0) is 74.3 Å². The van der Waals surface area contributed by atoms with Gasteiger partial charge in [0, 0.05) is 36.4 Å². The fraction of sp³-hybridized carbons (Fsp3) is 0.462. The first-order valence-electron chi connectivity index (χ1n) is 11.8. The van der Waals surface area contributed by atoms with Gasteiger partial charge in [0.15, 0.2) is 0 Å². The van der Waals surface area contributed by atoms with Crippen molar-refractivity contribution in [2.24, 2.45) is 5.41 Å². The van der Waals surface area contributed by atoms with Crippen LogP contribution >= 0.6 is 11.3 Å². The number of carbonyl (C=O) groups is 1. The number of aromatic nitrogens is 1. The molecular weight excluding hydrogens is 416 g/mol. The van der Waals surface area contributed by atoms with E-state index in [2.05, 4.69) is 39.5 Å². The highest BCUT2D eigenvalue weighted by molar-refractivity contribution is 7.21. The highest BCUT2D eigenvalue weighted by Gasteiger charge is 2.37. The van der Waals surface area contributed by atoms with Crippen LogP contribution in [0.2, 0.25) is 0 Å². The smallest absolute Gasteiger partial charge is 0.263 e. The summed E-state index contributed by atoms with van der Waals surface area (Å²) in [7, 11) is 0. The van der Waals surface area contributed by atoms with Crippen molar-refractivity contribution in [2.75, 3.05) is 30.3 Å². The molecule has 1 aromatic carbocycles. The Labute approximate surface area is 194 Å². The first-order valence-corrected chi connectivity index (χ1v) is 12.6. The maximum atomic E-state index is 12.7. The van der Waals surface area contributed by atoms with Crippen molar-refractivity contribution < 1.29 is 4.79 Å². The monoisotopic (exact) mass is 448 g/mol. The summed E-state index contributed by atoms with van der Waals surface area (Å²) in [5, 5.41) is 3.89. The van der Waals surface area contributed by atoms with Crippen LogP contribution in [0.4, 0.5) is 11.4 Å². The number of aryl methyl sites for hydroxylation is 1. The molecule has 2 fully saturated rings. The van der Waals surface area contributed by atoms with Gasteiger partial charge in [-0.15, -0.1) is 11.3 Å². The van der Waals surface area contributed by atoms with E-state index in [0.717, 1.165) is 22.3 Å². The number of hydrogen-bond acceptors (Lipinski definition) is 5. The highest BCUT2D eigenvalue weighted by Crippen LogP contribution is 2.45. The number of fused-ring (bicyclic) bond motifs is 1. The Morgan fingerprint density at radius 1 is 1.12 bits per heavy atom. The number of hydrogen-bond donors (Lipinski definition) is 2. The Kier molecular flexibility index (Phi) is 5.80. The third-order valence-electron chi connectivity index (χ3n) is 7.27. The van der Waals surface area contributed by atoms with Crippen LogP contribution in [0.5, 0.6) is 0 Å². The molecule has 1 aliphatic carbocycles. The van der Waals surface area contributed by atoms with E-state index in [1.54, 1.807) is 0 Å². The molecule has 0 radical (unpaired) electrons. The van der Waals surface area contributed by atoms with Crippen molar-refractivity contribution in [3.8, 4) is 0 Å². The molecule has 5 rings (SSSR count). The lowest BCUT2D eigenvalue weighted by atomic mass is 9.78. The Balaban J connectivity index is 1.17. The van der Waals surface area contributed by atoms with E-state index in [-0.39, 0.29) is 5.91 Å². The van der Waals surface area contributed by atoms with Crippen LogP contribution < -0.4 is 16.0 Å². The van der Waals surface area contributed by atoms with Crippen LogP contribution in [0.3, 0.4) is 0 Å². The van der Waals surface area contributed by atoms with Crippen molar-refractivity contribution >= 4 is 38.8 Å². The van der Waals surface area contributed by atoms with Gasteiger partial charge < -0.3 is 16.0 Å². The average Bonchev–Trinajstić information content (AvgIpc) is 3.38. The molecule has 32 heavy (non-hydrogen) atoms. The second kappa shape index (κ2) is 8.74. The first-order chi connectivity index (χ1) is 15.5. The number of anilines is 2. The zero-order valence-electron chi connectivity index (χ0n) is 18.8. The van der Waals surface area contributed by atoms with Crippen LogP contribution in [0.15, 0.2) is 36.4 Å². The van der Waals surface area contributed by atoms with E-state index in [4.69, 9.17) is 5.73 Å². The van der Waals surface area contributed by atoms with Gasteiger partial charge in [-0.3, -0.25) is 4.79 Å². The fourth-order valence-electron chi connectivity index (χ4n) is 5.49. The molecule has 0 unspecified atom stereocenters. The predicted octanol–water partition coefficient (Wildman–Crippen LogP) is 5.32. The van der Waals surface area contributed by atoms with E-state index in [9.17, 15) is 4.79 Å². The van der Waals surface area contributed by atoms with Crippen molar-refractivity contribution in [3.63, 3.8) is 0 Å². The SMILES string of the molecule is Cc1ccc2c(N)c(C(=O)NCCc3ccc(N4CCCC5(CCCC5)C4)cc3)sc2n1. The number of nitrogens with one attached hydrogen (secondary N) is 1. The molecule has 3 heterocycles. The molecule has 1 saturated carbocycles. The van der Waals surface area contributed by atoms with Crippen LogP contribution in [-0.2, 0) is 6.42 Å². The summed E-state index contributed by atoms with van der Waals surface area (Å²) >= 11 is 1.36. The van der Waals surface area contributed by atoms with E-state index >= 15 is 0 Å². The van der Waals surface area contributed by atoms with Gasteiger partial charge in [-0.25, -0.2) is 4.98 Å². The lowest BCUT2D eigenvalue weighted by Crippen LogP contribution is -2.41. The molecule has 3 N–H and O–H groups in total. The number of piperidine rings is 1. The molecule has 2 aliphatic rings. The first kappa shape index (κ1) is 21.3. The number of benzene rings is 1. The number of carbonyl (C=O) groups excluding carboxylic acids is 1. The molecule has 3 aromatic rings. The number of nitrogen functional groups attached to an aromatic ring is 1. The van der Waals surface area contributed by atoms with Crippen molar-refractivity contribution in [2.45, 2.75) is 51.9 Å². The topological polar surface area (TPSA) is 71.2 Å². The summed E-state index contributed by atoms with van der Waals surface area (Å²) in [6, 6.07) is 12.8. The van der Waals surface area contributed by atoms with Gasteiger partial charge in [-0.1, -0.05) is 25.0 Å². The molecule has 1 aliphatic heterocycles. The van der Waals surface area contributed by atoms with E-state index < -0.39 is 0 Å². The van der Waals surface area contributed by atoms with Gasteiger partial charge in [0.05, 0.1) is 5.69 Å². The average molecular weight is 449 g/mol. The third-order valence-corrected chi connectivity index (χ3v) is 8.38. The van der Waals surface area contributed by atoms with Gasteiger partial charge in [-0.2, -0.15) is 0 Å². The summed E-state index contributed by atoms with van der Waals surface area (Å²) in [6.45, 7) is 4.92. The van der Waals surface area contributed by atoms with Gasteiger partial charge in [0.2, 0.25) is 0 Å². The van der Waals surface area contributed by atoms with Crippen LogP contribution in [0.25, 0.3) is 10.2 Å². The molecule has 0 bridgehead atoms. The zero-order chi connectivity index (χ0) is 22.1. The molecule has 1 spiro atoms. The zero-order valence-corrected chi connectivity index (χ0v) is 19.6. The quantitative estimate of drug-likeness (QED) is 0.554. The molecule has 5 nitrogen and oxygen atoms in total. The van der Waals surface area contributed by atoms with Crippen molar-refractivity contribution in [3.05, 3.63) is 52.5 Å². The highest BCUT2D eigenvalue weighted by atomic mass is 32.1. The number of pyridine rings is 1. The van der Waals surface area contributed by atoms with E-state index in [0.29, 0.717) is 22.5 Å². The Morgan fingerprint density at radius 2 is 1.88 bits per heavy atom. The summed E-state index contributed by atoms with van der Waals surface area (Å²) in [5.41, 5.74) is 10.8. The number of nitrogens with two attached hydrogens (primary N) is 1. The fourth-order valence-corrected chi connectivity index (χ4v) is 6.55. The normalized spacial score (nSPS) is 17.8. The second-order valence-corrected chi connectivity index (χ2v) is 10.6. The predicted molar refractivity (Wildman–Crippen MR) is 134 cm³/mol. The van der Waals surface area contributed by atoms with Crippen LogP contribution in [0, 0.1) is 12.3 Å². The summed E-state index contributed by atoms with van der Waals surface area (Å²) in [6.07, 6.45) is 9.13. The van der Waals surface area contributed by atoms with Gasteiger partial charge >= 0.3 is 0 Å².